The minimum atomic E-state index is -1.44. The molecule has 1 saturated heterocycles. The zero-order valence-electron chi connectivity index (χ0n) is 14.1. The summed E-state index contributed by atoms with van der Waals surface area (Å²) in [4.78, 5) is 45.6. The van der Waals surface area contributed by atoms with Crippen molar-refractivity contribution in [2.75, 3.05) is 18.6 Å². The van der Waals surface area contributed by atoms with Crippen LogP contribution in [-0.2, 0) is 19.2 Å². The van der Waals surface area contributed by atoms with Gasteiger partial charge < -0.3 is 25.8 Å². The molecule has 2 amide bonds. The number of β-lactam (4-membered cyclic amide) rings is 1. The van der Waals surface area contributed by atoms with Gasteiger partial charge in [-0.1, -0.05) is 28.1 Å². The van der Waals surface area contributed by atoms with Gasteiger partial charge in [0, 0.05) is 5.75 Å². The molecule has 1 aromatic rings. The molecule has 2 atom stereocenters. The van der Waals surface area contributed by atoms with Gasteiger partial charge in [-0.15, -0.1) is 11.8 Å². The first-order valence-electron chi connectivity index (χ1n) is 7.05. The molecule has 3 rings (SSSR count). The minimum absolute atomic E-state index is 0. The number of fused-ring (bicyclic) bond motifs is 1. The molecule has 3 N–H and O–H groups in total. The van der Waals surface area contributed by atoms with E-state index in [0.717, 1.165) is 16.2 Å². The number of aliphatic carboxylic acids is 1. The standard InChI is InChI=1S/C13H12ClN5O5S2.K/c1-24-18-6(5-8(14)26-13(15)17-5)9(20)16-7-10(21)19-4(12(22)23)2-3-25-11(7)19;/h2,7,11H,3H2,1H3,(H2,15,17)(H,16,20)(H,22,23);/q;+1/p-1/t7-,11+;/m1./s1. The Morgan fingerprint density at radius 3 is 2.81 bits per heavy atom. The average Bonchev–Trinajstić information content (AvgIpc) is 2.94. The molecule has 1 aromatic heterocycles. The zero-order chi connectivity index (χ0) is 19.0. The van der Waals surface area contributed by atoms with Gasteiger partial charge in [-0.25, -0.2) is 4.98 Å². The van der Waals surface area contributed by atoms with Gasteiger partial charge in [0.2, 0.25) is 0 Å². The number of nitrogens with zero attached hydrogens (tertiary/aromatic N) is 3. The Bertz CT molecular complexity index is 860. The number of hydrogen-bond donors (Lipinski definition) is 2. The van der Waals surface area contributed by atoms with Crippen molar-refractivity contribution in [1.82, 2.24) is 15.2 Å². The summed E-state index contributed by atoms with van der Waals surface area (Å²) in [6, 6.07) is -0.924. The second kappa shape index (κ2) is 9.22. The van der Waals surface area contributed by atoms with Gasteiger partial charge in [-0.3, -0.25) is 14.5 Å². The van der Waals surface area contributed by atoms with Crippen molar-refractivity contribution in [3.8, 4) is 0 Å². The molecule has 0 bridgehead atoms. The number of thioether (sulfide) groups is 1. The zero-order valence-corrected chi connectivity index (χ0v) is 19.6. The van der Waals surface area contributed by atoms with Crippen LogP contribution in [0.4, 0.5) is 5.13 Å². The number of anilines is 1. The van der Waals surface area contributed by atoms with Crippen LogP contribution in [0.3, 0.4) is 0 Å². The molecule has 3 heterocycles. The number of rotatable bonds is 5. The predicted octanol–water partition coefficient (Wildman–Crippen LogP) is -4.23. The van der Waals surface area contributed by atoms with Crippen molar-refractivity contribution in [3.05, 3.63) is 21.8 Å². The molecule has 14 heteroatoms. The maximum atomic E-state index is 12.6. The Morgan fingerprint density at radius 1 is 1.56 bits per heavy atom. The quantitative estimate of drug-likeness (QED) is 0.196. The second-order valence-corrected chi connectivity index (χ2v) is 7.84. The molecule has 0 spiro atoms. The van der Waals surface area contributed by atoms with Crippen LogP contribution in [-0.4, -0.2) is 57.7 Å². The molecular weight excluding hydrogens is 445 g/mol. The van der Waals surface area contributed by atoms with Gasteiger partial charge in [-0.05, 0) is 6.08 Å². The number of nitrogens with one attached hydrogen (secondary N) is 1. The molecule has 0 unspecified atom stereocenters. The van der Waals surface area contributed by atoms with Crippen LogP contribution in [0, 0.1) is 0 Å². The van der Waals surface area contributed by atoms with E-state index >= 15 is 0 Å². The van der Waals surface area contributed by atoms with Crippen LogP contribution in [0.5, 0.6) is 0 Å². The molecule has 0 saturated carbocycles. The minimum Gasteiger partial charge on any atom is -0.543 e. The molecular formula is C13H11ClKN5O5S2. The number of carbonyl (C=O) groups is 3. The molecule has 0 aliphatic carbocycles. The number of oxime groups is 1. The summed E-state index contributed by atoms with van der Waals surface area (Å²) in [7, 11) is 1.24. The summed E-state index contributed by atoms with van der Waals surface area (Å²) >= 11 is 8.26. The van der Waals surface area contributed by atoms with Crippen molar-refractivity contribution in [2.24, 2.45) is 5.16 Å². The van der Waals surface area contributed by atoms with Crippen LogP contribution in [0.1, 0.15) is 5.69 Å². The van der Waals surface area contributed by atoms with Crippen LogP contribution in [0.2, 0.25) is 4.34 Å². The summed E-state index contributed by atoms with van der Waals surface area (Å²) in [5.41, 5.74) is 5.15. The van der Waals surface area contributed by atoms with E-state index in [1.54, 1.807) is 0 Å². The number of aromatic nitrogens is 1. The van der Waals surface area contributed by atoms with Crippen LogP contribution >= 0.6 is 34.7 Å². The van der Waals surface area contributed by atoms with Crippen molar-refractivity contribution < 1.29 is 75.7 Å². The fraction of sp³-hybridized carbons (Fsp3) is 0.308. The van der Waals surface area contributed by atoms with E-state index in [1.165, 1.54) is 24.9 Å². The molecule has 0 aromatic carbocycles. The summed E-state index contributed by atoms with van der Waals surface area (Å²) < 4.78 is 0.143. The third-order valence-corrected chi connectivity index (χ3v) is 5.83. The number of nitrogen functional groups attached to an aromatic ring is 1. The summed E-state index contributed by atoms with van der Waals surface area (Å²) in [5, 5.41) is 16.8. The maximum Gasteiger partial charge on any atom is 1.00 e. The Hall–Kier alpha value is -0.674. The van der Waals surface area contributed by atoms with Crippen molar-refractivity contribution in [2.45, 2.75) is 11.4 Å². The fourth-order valence-electron chi connectivity index (χ4n) is 2.49. The topological polar surface area (TPSA) is 150 Å². The third-order valence-electron chi connectivity index (χ3n) is 3.57. The monoisotopic (exact) mass is 455 g/mol. The number of carboxylic acid groups (broad SMARTS) is 1. The number of halogens is 1. The molecule has 27 heavy (non-hydrogen) atoms. The molecule has 10 nitrogen and oxygen atoms in total. The van der Waals surface area contributed by atoms with Crippen molar-refractivity contribution in [1.29, 1.82) is 0 Å². The Labute approximate surface area is 208 Å². The predicted molar refractivity (Wildman–Crippen MR) is 93.2 cm³/mol. The summed E-state index contributed by atoms with van der Waals surface area (Å²) in [5.74, 6) is -2.38. The smallest absolute Gasteiger partial charge is 0.543 e. The number of amides is 2. The van der Waals surface area contributed by atoms with E-state index in [0.29, 0.717) is 5.75 Å². The van der Waals surface area contributed by atoms with Gasteiger partial charge in [0.05, 0.1) is 11.7 Å². The maximum absolute atomic E-state index is 12.6. The van der Waals surface area contributed by atoms with E-state index in [-0.39, 0.29) is 78.0 Å². The summed E-state index contributed by atoms with van der Waals surface area (Å²) in [6.07, 6.45) is 1.39. The Kier molecular flexibility index (Phi) is 7.72. The van der Waals surface area contributed by atoms with E-state index in [9.17, 15) is 19.5 Å². The molecule has 0 radical (unpaired) electrons. The summed E-state index contributed by atoms with van der Waals surface area (Å²) in [6.45, 7) is 0. The second-order valence-electron chi connectivity index (χ2n) is 5.06. The van der Waals surface area contributed by atoms with Gasteiger partial charge in [-0.2, -0.15) is 0 Å². The number of thiazole rings is 1. The Balaban J connectivity index is 0.00000261. The van der Waals surface area contributed by atoms with Crippen LogP contribution < -0.4 is 67.5 Å². The van der Waals surface area contributed by atoms with Crippen molar-refractivity contribution in [3.63, 3.8) is 0 Å². The van der Waals surface area contributed by atoms with Gasteiger partial charge in [0.1, 0.15) is 28.6 Å². The SMILES string of the molecule is CON=C(C(=O)N[C@@H]1C(=O)N2C(C(=O)[O-])=CCS[C@@H]12)c1nc(N)sc1Cl.[K+]. The number of nitrogens with two attached hydrogens (primary N) is 1. The molecule has 138 valence electrons. The fourth-order valence-corrected chi connectivity index (χ4v) is 4.61. The number of carbonyl (C=O) groups excluding carboxylic acids is 3. The first-order chi connectivity index (χ1) is 12.3. The van der Waals surface area contributed by atoms with Crippen LogP contribution in [0.15, 0.2) is 16.9 Å². The first-order valence-corrected chi connectivity index (χ1v) is 9.29. The largest absolute Gasteiger partial charge is 1.00 e. The van der Waals surface area contributed by atoms with E-state index in [1.807, 2.05) is 0 Å². The van der Waals surface area contributed by atoms with E-state index < -0.39 is 29.2 Å². The molecule has 2 aliphatic heterocycles. The van der Waals surface area contributed by atoms with Crippen molar-refractivity contribution >= 4 is 63.3 Å². The van der Waals surface area contributed by atoms with Gasteiger partial charge >= 0.3 is 51.4 Å². The third kappa shape index (κ3) is 4.34. The van der Waals surface area contributed by atoms with Gasteiger partial charge in [0.25, 0.3) is 11.8 Å². The average molecular weight is 456 g/mol. The number of carboxylic acids is 1. The molecule has 1 fully saturated rings. The number of hydrogen-bond acceptors (Lipinski definition) is 10. The normalized spacial score (nSPS) is 21.4. The first kappa shape index (κ1) is 22.6. The van der Waals surface area contributed by atoms with Gasteiger partial charge in [0.15, 0.2) is 10.8 Å². The molecule has 2 aliphatic rings. The van der Waals surface area contributed by atoms with E-state index in [4.69, 9.17) is 17.3 Å². The Morgan fingerprint density at radius 2 is 2.26 bits per heavy atom. The van der Waals surface area contributed by atoms with Crippen LogP contribution in [0.25, 0.3) is 0 Å². The van der Waals surface area contributed by atoms with E-state index in [2.05, 4.69) is 20.3 Å².